The molecule has 0 aliphatic rings. The average Bonchev–Trinajstić information content (AvgIpc) is 2.99. The van der Waals surface area contributed by atoms with Gasteiger partial charge in [-0.15, -0.1) is 10.2 Å². The largest absolute Gasteiger partial charge is 0.328 e. The third kappa shape index (κ3) is 3.45. The summed E-state index contributed by atoms with van der Waals surface area (Å²) in [5, 5.41) is 14.1. The number of anilines is 1. The van der Waals surface area contributed by atoms with Gasteiger partial charge in [-0.2, -0.15) is 0 Å². The van der Waals surface area contributed by atoms with Gasteiger partial charge in [0.05, 0.1) is 6.04 Å². The number of hydrogen-bond donors (Lipinski definition) is 2. The van der Waals surface area contributed by atoms with Crippen molar-refractivity contribution in [1.29, 1.82) is 0 Å². The van der Waals surface area contributed by atoms with E-state index in [0.29, 0.717) is 5.69 Å². The number of hydrogen-bond acceptors (Lipinski definition) is 4. The van der Waals surface area contributed by atoms with E-state index in [0.717, 1.165) is 24.3 Å². The van der Waals surface area contributed by atoms with Crippen LogP contribution < -0.4 is 10.6 Å². The quantitative estimate of drug-likeness (QED) is 0.759. The zero-order valence-corrected chi connectivity index (χ0v) is 12.8. The van der Waals surface area contributed by atoms with Crippen LogP contribution in [0.15, 0.2) is 48.9 Å². The molecule has 3 aromatic rings. The molecule has 0 unspecified atom stereocenters. The summed E-state index contributed by atoms with van der Waals surface area (Å²) < 4.78 is 1.90. The third-order valence-electron chi connectivity index (χ3n) is 3.47. The molecule has 2 N–H and O–H groups in total. The lowest BCUT2D eigenvalue weighted by atomic mass is 10.1. The second-order valence-electron chi connectivity index (χ2n) is 5.16. The maximum Gasteiger partial charge on any atom is 0.319 e. The summed E-state index contributed by atoms with van der Waals surface area (Å²) in [4.78, 5) is 16.2. The van der Waals surface area contributed by atoms with Gasteiger partial charge >= 0.3 is 6.03 Å². The minimum Gasteiger partial charge on any atom is -0.328 e. The fourth-order valence-corrected chi connectivity index (χ4v) is 2.41. The van der Waals surface area contributed by atoms with Crippen LogP contribution in [-0.4, -0.2) is 25.6 Å². The lowest BCUT2D eigenvalue weighted by Gasteiger charge is -2.17. The van der Waals surface area contributed by atoms with Crippen LogP contribution in [-0.2, 0) is 0 Å². The monoisotopic (exact) mass is 310 g/mol. The van der Waals surface area contributed by atoms with Crippen molar-refractivity contribution in [3.8, 4) is 0 Å². The molecule has 0 saturated heterocycles. The maximum absolute atomic E-state index is 12.2. The molecule has 7 heteroatoms. The standard InChI is InChI=1S/C16H18N6O/c1-2-5-13(15-21-20-14-6-3-4-11-22(14)15)19-16(23)18-12-7-9-17-10-8-12/h3-4,6-11,13H,2,5H2,1H3,(H2,17,18,19,23)/t13-/m0/s1. The molecule has 2 amide bonds. The predicted molar refractivity (Wildman–Crippen MR) is 87.0 cm³/mol. The van der Waals surface area contributed by atoms with E-state index < -0.39 is 0 Å². The number of fused-ring (bicyclic) bond motifs is 1. The van der Waals surface area contributed by atoms with Crippen molar-refractivity contribution in [3.63, 3.8) is 0 Å². The number of nitrogens with one attached hydrogen (secondary N) is 2. The van der Waals surface area contributed by atoms with Crippen LogP contribution in [0, 0.1) is 0 Å². The summed E-state index contributed by atoms with van der Waals surface area (Å²) in [7, 11) is 0. The van der Waals surface area contributed by atoms with Gasteiger partial charge in [0.15, 0.2) is 11.5 Å². The molecule has 118 valence electrons. The van der Waals surface area contributed by atoms with E-state index in [-0.39, 0.29) is 12.1 Å². The summed E-state index contributed by atoms with van der Waals surface area (Å²) in [5.74, 6) is 0.729. The number of carbonyl (C=O) groups is 1. The van der Waals surface area contributed by atoms with Gasteiger partial charge in [-0.3, -0.25) is 9.38 Å². The van der Waals surface area contributed by atoms with Crippen molar-refractivity contribution >= 4 is 17.4 Å². The molecular weight excluding hydrogens is 292 g/mol. The Labute approximate surface area is 133 Å². The third-order valence-corrected chi connectivity index (χ3v) is 3.47. The van der Waals surface area contributed by atoms with E-state index in [2.05, 4.69) is 32.7 Å². The summed E-state index contributed by atoms with van der Waals surface area (Å²) in [6.07, 6.45) is 6.85. The smallest absolute Gasteiger partial charge is 0.319 e. The lowest BCUT2D eigenvalue weighted by Crippen LogP contribution is -2.33. The fraction of sp³-hybridized carbons (Fsp3) is 0.250. The van der Waals surface area contributed by atoms with E-state index in [4.69, 9.17) is 0 Å². The Bertz CT molecular complexity index is 785. The van der Waals surface area contributed by atoms with Crippen molar-refractivity contribution in [2.45, 2.75) is 25.8 Å². The minimum atomic E-state index is -0.276. The van der Waals surface area contributed by atoms with Crippen LogP contribution in [0.2, 0.25) is 0 Å². The Hall–Kier alpha value is -2.96. The van der Waals surface area contributed by atoms with Crippen LogP contribution in [0.25, 0.3) is 5.65 Å². The number of aromatic nitrogens is 4. The van der Waals surface area contributed by atoms with Crippen LogP contribution in [0.1, 0.15) is 31.6 Å². The molecule has 7 nitrogen and oxygen atoms in total. The minimum absolute atomic E-state index is 0.209. The van der Waals surface area contributed by atoms with Gasteiger partial charge in [-0.05, 0) is 30.7 Å². The maximum atomic E-state index is 12.2. The number of rotatable bonds is 5. The first kappa shape index (κ1) is 15.0. The molecule has 0 aromatic carbocycles. The highest BCUT2D eigenvalue weighted by molar-refractivity contribution is 5.89. The molecule has 0 radical (unpaired) electrons. The van der Waals surface area contributed by atoms with Crippen molar-refractivity contribution in [2.24, 2.45) is 0 Å². The SMILES string of the molecule is CCC[C@H](NC(=O)Nc1ccncc1)c1nnc2ccccn12. The molecule has 0 aliphatic carbocycles. The van der Waals surface area contributed by atoms with Crippen LogP contribution in [0.4, 0.5) is 10.5 Å². The van der Waals surface area contributed by atoms with Crippen LogP contribution in [0.5, 0.6) is 0 Å². The predicted octanol–water partition coefficient (Wildman–Crippen LogP) is 2.79. The van der Waals surface area contributed by atoms with Crippen molar-refractivity contribution < 1.29 is 4.79 Å². The summed E-state index contributed by atoms with van der Waals surface area (Å²) in [5.41, 5.74) is 1.46. The van der Waals surface area contributed by atoms with Crippen LogP contribution in [0.3, 0.4) is 0 Å². The topological polar surface area (TPSA) is 84.2 Å². The zero-order chi connectivity index (χ0) is 16.1. The Kier molecular flexibility index (Phi) is 4.46. The fourth-order valence-electron chi connectivity index (χ4n) is 2.41. The van der Waals surface area contributed by atoms with E-state index >= 15 is 0 Å². The normalized spacial score (nSPS) is 12.0. The summed E-state index contributed by atoms with van der Waals surface area (Å²) in [6.45, 7) is 2.07. The molecule has 0 saturated carbocycles. The number of urea groups is 1. The Morgan fingerprint density at radius 2 is 2.04 bits per heavy atom. The molecule has 0 fully saturated rings. The lowest BCUT2D eigenvalue weighted by molar-refractivity contribution is 0.247. The van der Waals surface area contributed by atoms with Gasteiger partial charge in [0.2, 0.25) is 0 Å². The van der Waals surface area contributed by atoms with Gasteiger partial charge in [0.1, 0.15) is 0 Å². The summed E-state index contributed by atoms with van der Waals surface area (Å²) in [6, 6.07) is 8.70. The average molecular weight is 310 g/mol. The van der Waals surface area contributed by atoms with E-state index in [1.165, 1.54) is 0 Å². The highest BCUT2D eigenvalue weighted by atomic mass is 16.2. The van der Waals surface area contributed by atoms with Crippen molar-refractivity contribution in [3.05, 3.63) is 54.7 Å². The number of carbonyl (C=O) groups excluding carboxylic acids is 1. The molecule has 23 heavy (non-hydrogen) atoms. The molecular formula is C16H18N6O. The Morgan fingerprint density at radius 3 is 2.83 bits per heavy atom. The van der Waals surface area contributed by atoms with Crippen LogP contribution >= 0.6 is 0 Å². The molecule has 0 aliphatic heterocycles. The highest BCUT2D eigenvalue weighted by Gasteiger charge is 2.19. The van der Waals surface area contributed by atoms with Crippen molar-refractivity contribution in [2.75, 3.05) is 5.32 Å². The first-order chi connectivity index (χ1) is 11.3. The van der Waals surface area contributed by atoms with E-state index in [9.17, 15) is 4.79 Å². The van der Waals surface area contributed by atoms with Gasteiger partial charge in [-0.1, -0.05) is 19.4 Å². The Morgan fingerprint density at radius 1 is 1.22 bits per heavy atom. The van der Waals surface area contributed by atoms with E-state index in [1.807, 2.05) is 28.8 Å². The molecule has 1 atom stereocenters. The van der Waals surface area contributed by atoms with Crippen molar-refractivity contribution in [1.82, 2.24) is 24.9 Å². The number of amides is 2. The van der Waals surface area contributed by atoms with Gasteiger partial charge in [-0.25, -0.2) is 4.79 Å². The Balaban J connectivity index is 1.77. The molecule has 3 heterocycles. The summed E-state index contributed by atoms with van der Waals surface area (Å²) >= 11 is 0. The highest BCUT2D eigenvalue weighted by Crippen LogP contribution is 2.18. The van der Waals surface area contributed by atoms with E-state index in [1.54, 1.807) is 24.5 Å². The number of pyridine rings is 2. The van der Waals surface area contributed by atoms with Gasteiger partial charge < -0.3 is 10.6 Å². The first-order valence-electron chi connectivity index (χ1n) is 7.55. The van der Waals surface area contributed by atoms with Gasteiger partial charge in [0, 0.05) is 24.3 Å². The second kappa shape index (κ2) is 6.87. The molecule has 3 rings (SSSR count). The second-order valence-corrected chi connectivity index (χ2v) is 5.16. The number of nitrogens with zero attached hydrogens (tertiary/aromatic N) is 4. The molecule has 3 aromatic heterocycles. The van der Waals surface area contributed by atoms with Gasteiger partial charge in [0.25, 0.3) is 0 Å². The molecule has 0 spiro atoms. The molecule has 0 bridgehead atoms. The zero-order valence-electron chi connectivity index (χ0n) is 12.8. The first-order valence-corrected chi connectivity index (χ1v) is 7.55.